The van der Waals surface area contributed by atoms with E-state index in [9.17, 15) is 13.2 Å². The van der Waals surface area contributed by atoms with Gasteiger partial charge in [-0.05, 0) is 53.3 Å². The second-order valence-electron chi connectivity index (χ2n) is 5.98. The number of carbonyl (C=O) groups is 1. The maximum absolute atomic E-state index is 12.5. The number of amides is 1. The normalized spacial score (nSPS) is 14.1. The van der Waals surface area contributed by atoms with Crippen molar-refractivity contribution in [3.8, 4) is 0 Å². The number of sulfonamides is 1. The minimum atomic E-state index is -3.59. The highest BCUT2D eigenvalue weighted by molar-refractivity contribution is 7.94. The minimum absolute atomic E-state index is 0.162. The molecule has 1 aromatic carbocycles. The molecule has 0 atom stereocenters. The van der Waals surface area contributed by atoms with E-state index in [1.54, 1.807) is 46.7 Å². The number of fused-ring (bicyclic) bond motifs is 1. The summed E-state index contributed by atoms with van der Waals surface area (Å²) in [7, 11) is -3.59. The quantitative estimate of drug-likeness (QED) is 0.743. The zero-order valence-electron chi connectivity index (χ0n) is 13.7. The van der Waals surface area contributed by atoms with Crippen LogP contribution in [0.3, 0.4) is 0 Å². The fourth-order valence-corrected chi connectivity index (χ4v) is 5.01. The highest BCUT2D eigenvalue weighted by Gasteiger charge is 2.24. The van der Waals surface area contributed by atoms with Crippen molar-refractivity contribution in [2.75, 3.05) is 11.3 Å². The first-order valence-corrected chi connectivity index (χ1v) is 10.4. The van der Waals surface area contributed by atoms with Crippen LogP contribution in [0.2, 0.25) is 0 Å². The molecule has 3 heterocycles. The van der Waals surface area contributed by atoms with Crippen molar-refractivity contribution in [2.24, 2.45) is 0 Å². The average Bonchev–Trinajstić information content (AvgIpc) is 3.34. The monoisotopic (exact) mass is 388 g/mol. The summed E-state index contributed by atoms with van der Waals surface area (Å²) in [6, 6.07) is 12.1. The van der Waals surface area contributed by atoms with E-state index in [0.29, 0.717) is 24.5 Å². The number of hydrogen-bond donors (Lipinski definition) is 1. The van der Waals surface area contributed by atoms with Crippen LogP contribution in [0.15, 0.2) is 62.7 Å². The number of nitrogens with zero attached hydrogens (tertiary/aromatic N) is 1. The Kier molecular flexibility index (Phi) is 4.29. The lowest BCUT2D eigenvalue weighted by Crippen LogP contribution is -2.35. The van der Waals surface area contributed by atoms with Crippen molar-refractivity contribution in [3.63, 3.8) is 0 Å². The lowest BCUT2D eigenvalue weighted by atomic mass is 9.99. The Bertz CT molecular complexity index is 1030. The summed E-state index contributed by atoms with van der Waals surface area (Å²) in [6.45, 7) is 1.02. The van der Waals surface area contributed by atoms with Gasteiger partial charge in [-0.3, -0.25) is 9.52 Å². The summed E-state index contributed by atoms with van der Waals surface area (Å²) in [5.41, 5.74) is 2.54. The van der Waals surface area contributed by atoms with Crippen LogP contribution in [0.5, 0.6) is 0 Å². The lowest BCUT2D eigenvalue weighted by Gasteiger charge is -2.28. The molecule has 26 heavy (non-hydrogen) atoms. The van der Waals surface area contributed by atoms with Crippen molar-refractivity contribution >= 4 is 33.0 Å². The van der Waals surface area contributed by atoms with Gasteiger partial charge in [-0.15, -0.1) is 11.3 Å². The molecule has 6 nitrogen and oxygen atoms in total. The van der Waals surface area contributed by atoms with Gasteiger partial charge < -0.3 is 9.32 Å². The maximum Gasteiger partial charge on any atom is 0.289 e. The van der Waals surface area contributed by atoms with Crippen LogP contribution >= 0.6 is 11.3 Å². The minimum Gasteiger partial charge on any atom is -0.459 e. The SMILES string of the molecule is O=C(c1ccco1)N1CCc2ccc(NS(=O)(=O)c3cccs3)cc2C1. The Labute approximate surface area is 155 Å². The molecule has 0 spiro atoms. The summed E-state index contributed by atoms with van der Waals surface area (Å²) in [6.07, 6.45) is 2.20. The van der Waals surface area contributed by atoms with E-state index < -0.39 is 10.0 Å². The first kappa shape index (κ1) is 16.9. The molecule has 0 saturated heterocycles. The van der Waals surface area contributed by atoms with E-state index in [1.165, 1.54) is 17.6 Å². The molecule has 0 saturated carbocycles. The van der Waals surface area contributed by atoms with E-state index in [1.807, 2.05) is 6.07 Å². The van der Waals surface area contributed by atoms with E-state index in [4.69, 9.17) is 4.42 Å². The van der Waals surface area contributed by atoms with Gasteiger partial charge in [-0.1, -0.05) is 12.1 Å². The largest absolute Gasteiger partial charge is 0.459 e. The third-order valence-corrected chi connectivity index (χ3v) is 7.03. The highest BCUT2D eigenvalue weighted by Crippen LogP contribution is 2.26. The van der Waals surface area contributed by atoms with Crippen molar-refractivity contribution in [3.05, 3.63) is 71.0 Å². The average molecular weight is 388 g/mol. The molecular formula is C18H16N2O4S2. The molecule has 3 aromatic rings. The number of furan rings is 1. The Morgan fingerprint density at radius 2 is 2.04 bits per heavy atom. The molecule has 0 bridgehead atoms. The molecule has 2 aromatic heterocycles. The van der Waals surface area contributed by atoms with Crippen LogP contribution in [-0.2, 0) is 23.0 Å². The molecule has 1 amide bonds. The Morgan fingerprint density at radius 3 is 2.77 bits per heavy atom. The molecule has 0 fully saturated rings. The zero-order valence-corrected chi connectivity index (χ0v) is 15.3. The fraction of sp³-hybridized carbons (Fsp3) is 0.167. The van der Waals surface area contributed by atoms with Gasteiger partial charge in [-0.25, -0.2) is 8.42 Å². The topological polar surface area (TPSA) is 79.6 Å². The Morgan fingerprint density at radius 1 is 1.15 bits per heavy atom. The molecule has 1 aliphatic heterocycles. The summed E-state index contributed by atoms with van der Waals surface area (Å²) >= 11 is 1.17. The van der Waals surface area contributed by atoms with Gasteiger partial charge in [0.15, 0.2) is 5.76 Å². The second-order valence-corrected chi connectivity index (χ2v) is 8.83. The van der Waals surface area contributed by atoms with E-state index in [2.05, 4.69) is 4.72 Å². The Hall–Kier alpha value is -2.58. The Balaban J connectivity index is 1.55. The zero-order chi connectivity index (χ0) is 18.1. The predicted octanol–water partition coefficient (Wildman–Crippen LogP) is 3.34. The number of thiophene rings is 1. The number of hydrogen-bond acceptors (Lipinski definition) is 5. The number of carbonyl (C=O) groups excluding carboxylic acids is 1. The van der Waals surface area contributed by atoms with Crippen LogP contribution in [0.1, 0.15) is 21.7 Å². The maximum atomic E-state index is 12.5. The van der Waals surface area contributed by atoms with Gasteiger partial charge in [0, 0.05) is 18.8 Å². The molecule has 134 valence electrons. The number of anilines is 1. The van der Waals surface area contributed by atoms with Crippen LogP contribution in [0.25, 0.3) is 0 Å². The van der Waals surface area contributed by atoms with Crippen LogP contribution in [-0.4, -0.2) is 25.8 Å². The summed E-state index contributed by atoms with van der Waals surface area (Å²) < 4.78 is 32.8. The van der Waals surface area contributed by atoms with Crippen molar-refractivity contribution in [1.82, 2.24) is 4.90 Å². The van der Waals surface area contributed by atoms with Gasteiger partial charge in [0.25, 0.3) is 15.9 Å². The van der Waals surface area contributed by atoms with Gasteiger partial charge in [0.1, 0.15) is 4.21 Å². The van der Waals surface area contributed by atoms with E-state index >= 15 is 0 Å². The number of rotatable bonds is 4. The standard InChI is InChI=1S/C18H16N2O4S2/c21-18(16-3-1-9-24-16)20-8-7-13-5-6-15(11-14(13)12-20)19-26(22,23)17-4-2-10-25-17/h1-6,9-11,19H,7-8,12H2. The van der Waals surface area contributed by atoms with Gasteiger partial charge in [0.05, 0.1) is 6.26 Å². The summed E-state index contributed by atoms with van der Waals surface area (Å²) in [4.78, 5) is 14.2. The lowest BCUT2D eigenvalue weighted by molar-refractivity contribution is 0.0702. The highest BCUT2D eigenvalue weighted by atomic mass is 32.2. The van der Waals surface area contributed by atoms with Crippen molar-refractivity contribution in [2.45, 2.75) is 17.2 Å². The molecule has 0 unspecified atom stereocenters. The summed E-state index contributed by atoms with van der Waals surface area (Å²) in [5.74, 6) is 0.147. The molecular weight excluding hydrogens is 372 g/mol. The molecule has 8 heteroatoms. The fourth-order valence-electron chi connectivity index (χ4n) is 2.97. The van der Waals surface area contributed by atoms with Crippen molar-refractivity contribution in [1.29, 1.82) is 0 Å². The number of benzene rings is 1. The van der Waals surface area contributed by atoms with Crippen LogP contribution in [0, 0.1) is 0 Å². The third-order valence-electron chi connectivity index (χ3n) is 4.25. The molecule has 4 rings (SSSR count). The smallest absolute Gasteiger partial charge is 0.289 e. The van der Waals surface area contributed by atoms with Gasteiger partial charge in [-0.2, -0.15) is 0 Å². The number of nitrogens with one attached hydrogen (secondary N) is 1. The van der Waals surface area contributed by atoms with Gasteiger partial charge >= 0.3 is 0 Å². The first-order valence-electron chi connectivity index (χ1n) is 8.04. The predicted molar refractivity (Wildman–Crippen MR) is 98.7 cm³/mol. The van der Waals surface area contributed by atoms with E-state index in [-0.39, 0.29) is 10.1 Å². The molecule has 0 aliphatic carbocycles. The van der Waals surface area contributed by atoms with Crippen LogP contribution in [0.4, 0.5) is 5.69 Å². The van der Waals surface area contributed by atoms with E-state index in [0.717, 1.165) is 17.5 Å². The third kappa shape index (κ3) is 3.25. The molecule has 1 N–H and O–H groups in total. The van der Waals surface area contributed by atoms with Crippen LogP contribution < -0.4 is 4.72 Å². The van der Waals surface area contributed by atoms with Gasteiger partial charge in [0.2, 0.25) is 0 Å². The summed E-state index contributed by atoms with van der Waals surface area (Å²) in [5, 5.41) is 1.72. The van der Waals surface area contributed by atoms with Crippen molar-refractivity contribution < 1.29 is 17.6 Å². The molecule has 1 aliphatic rings. The first-order chi connectivity index (χ1) is 12.5. The molecule has 0 radical (unpaired) electrons. The second kappa shape index (κ2) is 6.62.